The van der Waals surface area contributed by atoms with Crippen molar-refractivity contribution in [3.63, 3.8) is 0 Å². The lowest BCUT2D eigenvalue weighted by Crippen LogP contribution is -2.32. The highest BCUT2D eigenvalue weighted by Gasteiger charge is 2.08. The Kier molecular flexibility index (Phi) is 5.11. The molecule has 0 aliphatic heterocycles. The number of aliphatic carboxylic acids is 1. The van der Waals surface area contributed by atoms with Crippen molar-refractivity contribution in [2.24, 2.45) is 0 Å². The monoisotopic (exact) mass is 247 g/mol. The number of amides is 1. The van der Waals surface area contributed by atoms with Gasteiger partial charge < -0.3 is 10.4 Å². The smallest absolute Gasteiger partial charge is 0.305 e. The molecule has 96 valence electrons. The molecule has 0 aromatic heterocycles. The molecule has 0 fully saturated rings. The molecule has 4 heteroatoms. The lowest BCUT2D eigenvalue weighted by molar-refractivity contribution is -0.137. The lowest BCUT2D eigenvalue weighted by atomic mass is 10.1. The first kappa shape index (κ1) is 14.0. The van der Waals surface area contributed by atoms with Gasteiger partial charge in [0.25, 0.3) is 0 Å². The Balaban J connectivity index is 2.49. The van der Waals surface area contributed by atoms with Crippen LogP contribution < -0.4 is 5.32 Å². The number of hydrogen-bond acceptors (Lipinski definition) is 2. The van der Waals surface area contributed by atoms with E-state index >= 15 is 0 Å². The minimum atomic E-state index is -0.926. The van der Waals surface area contributed by atoms with Crippen molar-refractivity contribution in [1.82, 2.24) is 5.32 Å². The molecule has 1 amide bonds. The molecule has 1 aromatic rings. The summed E-state index contributed by atoms with van der Waals surface area (Å²) in [4.78, 5) is 21.9. The van der Waals surface area contributed by atoms with E-state index in [9.17, 15) is 9.59 Å². The highest BCUT2D eigenvalue weighted by molar-refractivity contribution is 5.92. The third-order valence-corrected chi connectivity index (χ3v) is 2.37. The van der Waals surface area contributed by atoms with Crippen molar-refractivity contribution in [3.05, 3.63) is 41.5 Å². The summed E-state index contributed by atoms with van der Waals surface area (Å²) in [6.07, 6.45) is 3.02. The molecule has 0 bridgehead atoms. The van der Waals surface area contributed by atoms with E-state index in [1.807, 2.05) is 31.2 Å². The van der Waals surface area contributed by atoms with Gasteiger partial charge in [-0.1, -0.05) is 29.8 Å². The topological polar surface area (TPSA) is 66.4 Å². The molecule has 0 heterocycles. The maximum atomic E-state index is 11.5. The second kappa shape index (κ2) is 6.59. The van der Waals surface area contributed by atoms with E-state index in [0.717, 1.165) is 11.1 Å². The Morgan fingerprint density at radius 1 is 1.33 bits per heavy atom. The average Bonchev–Trinajstić information content (AvgIpc) is 2.27. The molecule has 4 nitrogen and oxygen atoms in total. The quantitative estimate of drug-likeness (QED) is 0.782. The Labute approximate surface area is 106 Å². The van der Waals surface area contributed by atoms with Gasteiger partial charge in [0, 0.05) is 12.1 Å². The van der Waals surface area contributed by atoms with Crippen LogP contribution in [0.15, 0.2) is 30.3 Å². The fraction of sp³-hybridized carbons (Fsp3) is 0.286. The van der Waals surface area contributed by atoms with Gasteiger partial charge in [0.1, 0.15) is 0 Å². The minimum absolute atomic E-state index is 0.0793. The Morgan fingerprint density at radius 3 is 2.50 bits per heavy atom. The number of carbonyl (C=O) groups excluding carboxylic acids is 1. The molecule has 0 saturated heterocycles. The van der Waals surface area contributed by atoms with Gasteiger partial charge in [-0.25, -0.2) is 0 Å². The summed E-state index contributed by atoms with van der Waals surface area (Å²) in [6.45, 7) is 3.65. The van der Waals surface area contributed by atoms with Gasteiger partial charge in [0.15, 0.2) is 0 Å². The zero-order chi connectivity index (χ0) is 13.5. The molecule has 0 radical (unpaired) electrons. The number of carboxylic acids is 1. The minimum Gasteiger partial charge on any atom is -0.481 e. The molecule has 0 spiro atoms. The van der Waals surface area contributed by atoms with Crippen molar-refractivity contribution in [2.75, 3.05) is 0 Å². The number of carbonyl (C=O) groups is 2. The van der Waals surface area contributed by atoms with Gasteiger partial charge >= 0.3 is 5.97 Å². The molecule has 2 N–H and O–H groups in total. The van der Waals surface area contributed by atoms with Crippen molar-refractivity contribution in [1.29, 1.82) is 0 Å². The van der Waals surface area contributed by atoms with E-state index in [4.69, 9.17) is 5.11 Å². The first-order chi connectivity index (χ1) is 8.47. The van der Waals surface area contributed by atoms with Crippen LogP contribution in [0.5, 0.6) is 0 Å². The van der Waals surface area contributed by atoms with E-state index in [1.165, 1.54) is 6.08 Å². The second-order valence-electron chi connectivity index (χ2n) is 4.25. The fourth-order valence-corrected chi connectivity index (χ4v) is 1.45. The van der Waals surface area contributed by atoms with Crippen LogP contribution in [0.4, 0.5) is 0 Å². The summed E-state index contributed by atoms with van der Waals surface area (Å²) in [5.41, 5.74) is 2.09. The van der Waals surface area contributed by atoms with Gasteiger partial charge in [0.05, 0.1) is 6.42 Å². The van der Waals surface area contributed by atoms with Crippen LogP contribution in [0.1, 0.15) is 24.5 Å². The SMILES string of the molecule is Cc1ccc(/C=C/C(=O)NC(C)CC(=O)O)cc1. The van der Waals surface area contributed by atoms with E-state index in [-0.39, 0.29) is 18.4 Å². The first-order valence-corrected chi connectivity index (χ1v) is 5.74. The number of rotatable bonds is 5. The van der Waals surface area contributed by atoms with Crippen LogP contribution in [0.2, 0.25) is 0 Å². The van der Waals surface area contributed by atoms with Gasteiger partial charge in [0.2, 0.25) is 5.91 Å². The van der Waals surface area contributed by atoms with Gasteiger partial charge in [-0.3, -0.25) is 9.59 Å². The Morgan fingerprint density at radius 2 is 1.94 bits per heavy atom. The summed E-state index contributed by atoms with van der Waals surface area (Å²) in [6, 6.07) is 7.38. The van der Waals surface area contributed by atoms with Crippen LogP contribution in [0.25, 0.3) is 6.08 Å². The molecule has 0 aliphatic rings. The van der Waals surface area contributed by atoms with E-state index in [1.54, 1.807) is 13.0 Å². The molecule has 1 unspecified atom stereocenters. The van der Waals surface area contributed by atoms with Crippen LogP contribution >= 0.6 is 0 Å². The summed E-state index contributed by atoms with van der Waals surface area (Å²) in [7, 11) is 0. The molecule has 18 heavy (non-hydrogen) atoms. The van der Waals surface area contributed by atoms with Gasteiger partial charge in [-0.15, -0.1) is 0 Å². The predicted octanol–water partition coefficient (Wildman–Crippen LogP) is 1.99. The van der Waals surface area contributed by atoms with Crippen molar-refractivity contribution in [3.8, 4) is 0 Å². The summed E-state index contributed by atoms with van der Waals surface area (Å²) < 4.78 is 0. The van der Waals surface area contributed by atoms with Crippen LogP contribution in [-0.4, -0.2) is 23.0 Å². The largest absolute Gasteiger partial charge is 0.481 e. The Hall–Kier alpha value is -2.10. The van der Waals surface area contributed by atoms with Crippen molar-refractivity contribution in [2.45, 2.75) is 26.3 Å². The highest BCUT2D eigenvalue weighted by atomic mass is 16.4. The maximum Gasteiger partial charge on any atom is 0.305 e. The molecular formula is C14H17NO3. The normalized spacial score (nSPS) is 12.3. The second-order valence-corrected chi connectivity index (χ2v) is 4.25. The summed E-state index contributed by atoms with van der Waals surface area (Å²) in [5.74, 6) is -1.21. The molecule has 0 aliphatic carbocycles. The van der Waals surface area contributed by atoms with E-state index < -0.39 is 5.97 Å². The maximum absolute atomic E-state index is 11.5. The van der Waals surface area contributed by atoms with Gasteiger partial charge in [-0.2, -0.15) is 0 Å². The Bertz CT molecular complexity index is 449. The fourth-order valence-electron chi connectivity index (χ4n) is 1.45. The number of hydrogen-bond donors (Lipinski definition) is 2. The van der Waals surface area contributed by atoms with Crippen LogP contribution in [-0.2, 0) is 9.59 Å². The molecular weight excluding hydrogens is 230 g/mol. The zero-order valence-electron chi connectivity index (χ0n) is 10.5. The van der Waals surface area contributed by atoms with Crippen LogP contribution in [0, 0.1) is 6.92 Å². The van der Waals surface area contributed by atoms with Crippen LogP contribution in [0.3, 0.4) is 0 Å². The summed E-state index contributed by atoms with van der Waals surface area (Å²) in [5, 5.41) is 11.1. The third-order valence-electron chi connectivity index (χ3n) is 2.37. The van der Waals surface area contributed by atoms with Gasteiger partial charge in [-0.05, 0) is 25.5 Å². The van der Waals surface area contributed by atoms with E-state index in [0.29, 0.717) is 0 Å². The van der Waals surface area contributed by atoms with Crippen molar-refractivity contribution >= 4 is 18.0 Å². The van der Waals surface area contributed by atoms with Crippen molar-refractivity contribution < 1.29 is 14.7 Å². The summed E-state index contributed by atoms with van der Waals surface area (Å²) >= 11 is 0. The molecule has 0 saturated carbocycles. The first-order valence-electron chi connectivity index (χ1n) is 5.74. The predicted molar refractivity (Wildman–Crippen MR) is 70.1 cm³/mol. The molecule has 1 aromatic carbocycles. The number of carboxylic acid groups (broad SMARTS) is 1. The molecule has 1 rings (SSSR count). The lowest BCUT2D eigenvalue weighted by Gasteiger charge is -2.08. The van der Waals surface area contributed by atoms with E-state index in [2.05, 4.69) is 5.32 Å². The molecule has 1 atom stereocenters. The number of nitrogens with one attached hydrogen (secondary N) is 1. The number of aryl methyl sites for hydroxylation is 1. The number of benzene rings is 1. The zero-order valence-corrected chi connectivity index (χ0v) is 10.5. The third kappa shape index (κ3) is 5.30. The standard InChI is InChI=1S/C14H17NO3/c1-10-3-5-12(6-4-10)7-8-13(16)15-11(2)9-14(17)18/h3-8,11H,9H2,1-2H3,(H,15,16)(H,17,18)/b8-7+. The highest BCUT2D eigenvalue weighted by Crippen LogP contribution is 2.04. The average molecular weight is 247 g/mol.